The fourth-order valence-electron chi connectivity index (χ4n) is 1.74. The molecule has 0 radical (unpaired) electrons. The lowest BCUT2D eigenvalue weighted by molar-refractivity contribution is 0.603. The van der Waals surface area contributed by atoms with Gasteiger partial charge in [0.15, 0.2) is 5.16 Å². The molecule has 3 rings (SSSR count). The van der Waals surface area contributed by atoms with Crippen LogP contribution >= 0.6 is 34.7 Å². The molecule has 10 heteroatoms. The number of para-hydroxylation sites is 1. The number of hydrogen-bond donors (Lipinski definition) is 1. The van der Waals surface area contributed by atoms with Crippen LogP contribution in [0.1, 0.15) is 0 Å². The number of thiophene rings is 1. The highest BCUT2D eigenvalue weighted by Gasteiger charge is 2.19. The maximum Gasteiger partial charge on any atom is 0.271 e. The first-order valence-electron chi connectivity index (χ1n) is 6.35. The van der Waals surface area contributed by atoms with Crippen molar-refractivity contribution in [3.05, 3.63) is 47.1 Å². The number of nitrogens with zero attached hydrogens (tertiary/aromatic N) is 3. The van der Waals surface area contributed by atoms with E-state index in [4.69, 9.17) is 11.6 Å². The van der Waals surface area contributed by atoms with E-state index >= 15 is 0 Å². The highest BCUT2D eigenvalue weighted by molar-refractivity contribution is 7.99. The van der Waals surface area contributed by atoms with Crippen molar-refractivity contribution in [2.24, 2.45) is 7.05 Å². The van der Waals surface area contributed by atoms with Gasteiger partial charge in [0.1, 0.15) is 10.5 Å². The van der Waals surface area contributed by atoms with Crippen LogP contribution in [0.3, 0.4) is 0 Å². The van der Waals surface area contributed by atoms with Crippen molar-refractivity contribution in [2.45, 2.75) is 14.3 Å². The predicted octanol–water partition coefficient (Wildman–Crippen LogP) is 3.48. The third-order valence-corrected chi connectivity index (χ3v) is 7.03. The SMILES string of the molecule is Cn1cnnc1Sc1ccccc1NS(=O)(=O)c1ccc(Cl)s1. The van der Waals surface area contributed by atoms with E-state index in [0.29, 0.717) is 15.2 Å². The molecule has 0 unspecified atom stereocenters. The molecule has 1 N–H and O–H groups in total. The molecule has 120 valence electrons. The molecular formula is C13H11ClN4O2S3. The van der Waals surface area contributed by atoms with Crippen LogP contribution in [0.2, 0.25) is 4.34 Å². The minimum Gasteiger partial charge on any atom is -0.311 e. The molecule has 0 fully saturated rings. The average Bonchev–Trinajstić information content (AvgIpc) is 3.11. The Bertz CT molecular complexity index is 936. The molecule has 0 saturated heterocycles. The summed E-state index contributed by atoms with van der Waals surface area (Å²) in [6.07, 6.45) is 1.59. The second kappa shape index (κ2) is 6.52. The normalized spacial score (nSPS) is 11.6. The van der Waals surface area contributed by atoms with Gasteiger partial charge in [-0.25, -0.2) is 8.42 Å². The number of sulfonamides is 1. The first-order valence-corrected chi connectivity index (χ1v) is 9.84. The molecule has 0 aliphatic rings. The maximum atomic E-state index is 12.4. The van der Waals surface area contributed by atoms with Gasteiger partial charge in [0.2, 0.25) is 0 Å². The first kappa shape index (κ1) is 16.3. The molecule has 23 heavy (non-hydrogen) atoms. The molecule has 0 spiro atoms. The van der Waals surface area contributed by atoms with Gasteiger partial charge in [-0.15, -0.1) is 21.5 Å². The summed E-state index contributed by atoms with van der Waals surface area (Å²) in [6, 6.07) is 10.2. The molecule has 1 aromatic carbocycles. The summed E-state index contributed by atoms with van der Waals surface area (Å²) in [5.74, 6) is 0. The summed E-state index contributed by atoms with van der Waals surface area (Å²) >= 11 is 8.15. The van der Waals surface area contributed by atoms with Crippen LogP contribution in [0.15, 0.2) is 57.0 Å². The van der Waals surface area contributed by atoms with Crippen LogP contribution in [0.5, 0.6) is 0 Å². The molecule has 0 aliphatic carbocycles. The number of aromatic nitrogens is 3. The molecule has 2 heterocycles. The van der Waals surface area contributed by atoms with Crippen molar-refractivity contribution in [1.82, 2.24) is 14.8 Å². The Kier molecular flexibility index (Phi) is 4.62. The smallest absolute Gasteiger partial charge is 0.271 e. The average molecular weight is 387 g/mol. The van der Waals surface area contributed by atoms with Crippen molar-refractivity contribution >= 4 is 50.4 Å². The van der Waals surface area contributed by atoms with Crippen LogP contribution in [0.4, 0.5) is 5.69 Å². The zero-order valence-electron chi connectivity index (χ0n) is 11.8. The standard InChI is InChI=1S/C13H11ClN4O2S3/c1-18-8-15-16-13(18)21-10-5-3-2-4-9(10)17-23(19,20)12-7-6-11(14)22-12/h2-8,17H,1H3. The van der Waals surface area contributed by atoms with E-state index in [0.717, 1.165) is 16.2 Å². The molecule has 0 aliphatic heterocycles. The Morgan fingerprint density at radius 2 is 2.04 bits per heavy atom. The Hall–Kier alpha value is -1.55. The van der Waals surface area contributed by atoms with Gasteiger partial charge in [-0.2, -0.15) is 0 Å². The molecule has 0 amide bonds. The van der Waals surface area contributed by atoms with Gasteiger partial charge in [-0.1, -0.05) is 23.7 Å². The lowest BCUT2D eigenvalue weighted by atomic mass is 10.3. The van der Waals surface area contributed by atoms with E-state index < -0.39 is 10.0 Å². The number of anilines is 1. The van der Waals surface area contributed by atoms with E-state index in [-0.39, 0.29) is 4.21 Å². The Morgan fingerprint density at radius 3 is 2.70 bits per heavy atom. The van der Waals surface area contributed by atoms with Crippen molar-refractivity contribution in [1.29, 1.82) is 0 Å². The monoisotopic (exact) mass is 386 g/mol. The highest BCUT2D eigenvalue weighted by atomic mass is 35.5. The number of halogens is 1. The van der Waals surface area contributed by atoms with Crippen molar-refractivity contribution in [3.8, 4) is 0 Å². The molecule has 2 aromatic heterocycles. The molecular weight excluding hydrogens is 376 g/mol. The fourth-order valence-corrected chi connectivity index (χ4v) is 5.22. The summed E-state index contributed by atoms with van der Waals surface area (Å²) in [6.45, 7) is 0. The fraction of sp³-hybridized carbons (Fsp3) is 0.0769. The molecule has 0 atom stereocenters. The highest BCUT2D eigenvalue weighted by Crippen LogP contribution is 2.34. The summed E-state index contributed by atoms with van der Waals surface area (Å²) in [7, 11) is -1.85. The van der Waals surface area contributed by atoms with Crippen molar-refractivity contribution < 1.29 is 8.42 Å². The van der Waals surface area contributed by atoms with Gasteiger partial charge in [-0.05, 0) is 36.0 Å². The lowest BCUT2D eigenvalue weighted by Gasteiger charge is -2.10. The minimum atomic E-state index is -3.68. The van der Waals surface area contributed by atoms with Crippen molar-refractivity contribution in [2.75, 3.05) is 4.72 Å². The number of rotatable bonds is 5. The van der Waals surface area contributed by atoms with Crippen LogP contribution in [-0.4, -0.2) is 23.2 Å². The minimum absolute atomic E-state index is 0.168. The Balaban J connectivity index is 1.90. The van der Waals surface area contributed by atoms with Crippen LogP contribution in [-0.2, 0) is 17.1 Å². The van der Waals surface area contributed by atoms with Crippen LogP contribution < -0.4 is 4.72 Å². The van der Waals surface area contributed by atoms with Gasteiger partial charge >= 0.3 is 0 Å². The number of aryl methyl sites for hydroxylation is 1. The molecule has 0 saturated carbocycles. The zero-order chi connectivity index (χ0) is 16.4. The molecule has 3 aromatic rings. The van der Waals surface area contributed by atoms with Crippen LogP contribution in [0.25, 0.3) is 0 Å². The summed E-state index contributed by atoms with van der Waals surface area (Å²) in [5.41, 5.74) is 0.477. The quantitative estimate of drug-likeness (QED) is 0.726. The molecule has 6 nitrogen and oxygen atoms in total. The second-order valence-corrected chi connectivity index (χ2v) is 9.12. The van der Waals surface area contributed by atoms with E-state index in [1.54, 1.807) is 29.1 Å². The van der Waals surface area contributed by atoms with Gasteiger partial charge in [-0.3, -0.25) is 4.72 Å². The van der Waals surface area contributed by atoms with Gasteiger partial charge in [0.25, 0.3) is 10.0 Å². The Labute approximate surface area is 146 Å². The third-order valence-electron chi connectivity index (χ3n) is 2.82. The van der Waals surface area contributed by atoms with E-state index in [2.05, 4.69) is 14.9 Å². The van der Waals surface area contributed by atoms with Gasteiger partial charge in [0.05, 0.1) is 10.0 Å². The number of hydrogen-bond acceptors (Lipinski definition) is 6. The van der Waals surface area contributed by atoms with Crippen LogP contribution in [0, 0.1) is 0 Å². The first-order chi connectivity index (χ1) is 11.0. The predicted molar refractivity (Wildman–Crippen MR) is 91.7 cm³/mol. The third kappa shape index (κ3) is 3.69. The van der Waals surface area contributed by atoms with Crippen molar-refractivity contribution in [3.63, 3.8) is 0 Å². The summed E-state index contributed by atoms with van der Waals surface area (Å²) in [4.78, 5) is 0.731. The topological polar surface area (TPSA) is 76.9 Å². The Morgan fingerprint density at radius 1 is 1.26 bits per heavy atom. The number of benzene rings is 1. The summed E-state index contributed by atoms with van der Waals surface area (Å²) in [5, 5.41) is 8.47. The molecule has 0 bridgehead atoms. The second-order valence-electron chi connectivity index (χ2n) is 4.49. The largest absolute Gasteiger partial charge is 0.311 e. The zero-order valence-corrected chi connectivity index (χ0v) is 15.0. The van der Waals surface area contributed by atoms with E-state index in [1.807, 2.05) is 19.2 Å². The maximum absolute atomic E-state index is 12.4. The van der Waals surface area contributed by atoms with E-state index in [9.17, 15) is 8.42 Å². The summed E-state index contributed by atoms with van der Waals surface area (Å²) < 4.78 is 29.8. The number of nitrogens with one attached hydrogen (secondary N) is 1. The lowest BCUT2D eigenvalue weighted by Crippen LogP contribution is -2.12. The van der Waals surface area contributed by atoms with Gasteiger partial charge in [0, 0.05) is 11.9 Å². The van der Waals surface area contributed by atoms with Gasteiger partial charge < -0.3 is 4.57 Å². The van der Waals surface area contributed by atoms with E-state index in [1.165, 1.54) is 17.8 Å².